The minimum absolute atomic E-state index is 0.0925. The first-order chi connectivity index (χ1) is 10.8. The van der Waals surface area contributed by atoms with Gasteiger partial charge in [0, 0.05) is 25.5 Å². The summed E-state index contributed by atoms with van der Waals surface area (Å²) in [6, 6.07) is 0. The number of Topliss-reactive ketones (excluding diaryl/α,β-unsaturated/α-hetero) is 2. The summed E-state index contributed by atoms with van der Waals surface area (Å²) in [5, 5.41) is 11.8. The van der Waals surface area contributed by atoms with E-state index in [-0.39, 0.29) is 36.4 Å². The number of hydrogen-bond donors (Lipinski definition) is 2. The molecule has 2 N–H and O–H groups in total. The fraction of sp³-hybridized carbons (Fsp3) is 0.824. The number of nitrogens with one attached hydrogen (secondary N) is 1. The summed E-state index contributed by atoms with van der Waals surface area (Å²) >= 11 is 0. The van der Waals surface area contributed by atoms with Crippen LogP contribution < -0.4 is 5.32 Å². The smallest absolute Gasteiger partial charge is 0.223 e. The Morgan fingerprint density at radius 3 is 2.30 bits per heavy atom. The predicted octanol–water partition coefficient (Wildman–Crippen LogP) is 1.10. The third kappa shape index (κ3) is 6.79. The van der Waals surface area contributed by atoms with E-state index in [0.29, 0.717) is 25.3 Å². The number of amides is 1. The molecular formula is C17H29NO5. The number of ketones is 2. The third-order valence-corrected chi connectivity index (χ3v) is 4.03. The molecule has 0 aromatic heterocycles. The van der Waals surface area contributed by atoms with Crippen LogP contribution in [0, 0.1) is 17.8 Å². The van der Waals surface area contributed by atoms with Crippen LogP contribution in [0.4, 0.5) is 0 Å². The van der Waals surface area contributed by atoms with Crippen molar-refractivity contribution in [3.05, 3.63) is 0 Å². The van der Waals surface area contributed by atoms with Crippen molar-refractivity contribution in [2.75, 3.05) is 13.2 Å². The van der Waals surface area contributed by atoms with Crippen molar-refractivity contribution >= 4 is 17.5 Å². The zero-order valence-corrected chi connectivity index (χ0v) is 14.5. The molecule has 1 amide bonds. The van der Waals surface area contributed by atoms with E-state index in [9.17, 15) is 14.4 Å². The van der Waals surface area contributed by atoms with Gasteiger partial charge in [0.15, 0.2) is 11.6 Å². The first-order valence-corrected chi connectivity index (χ1v) is 8.33. The largest absolute Gasteiger partial charge is 0.396 e. The molecule has 1 heterocycles. The van der Waals surface area contributed by atoms with Crippen molar-refractivity contribution in [1.29, 1.82) is 0 Å². The Hall–Kier alpha value is -1.27. The Balaban J connectivity index is 2.50. The molecule has 1 rings (SSSR count). The van der Waals surface area contributed by atoms with E-state index < -0.39 is 18.1 Å². The monoisotopic (exact) mass is 327 g/mol. The highest BCUT2D eigenvalue weighted by molar-refractivity contribution is 5.97. The second-order valence-corrected chi connectivity index (χ2v) is 6.95. The number of epoxide rings is 1. The SMILES string of the molecule is CC(=O)[C@H]1O[C@@H]1C(=O)C[C@@H](CC(C)C)C(=O)NCCC(C)CO. The average Bonchev–Trinajstić information content (AvgIpc) is 3.26. The molecule has 0 aliphatic carbocycles. The molecule has 4 atom stereocenters. The number of aliphatic hydroxyl groups excluding tert-OH is 1. The minimum Gasteiger partial charge on any atom is -0.396 e. The normalized spacial score (nSPS) is 22.5. The number of carbonyl (C=O) groups excluding carboxylic acids is 3. The zero-order valence-electron chi connectivity index (χ0n) is 14.5. The van der Waals surface area contributed by atoms with Crippen LogP contribution in [0.3, 0.4) is 0 Å². The maximum atomic E-state index is 12.3. The summed E-state index contributed by atoms with van der Waals surface area (Å²) < 4.78 is 5.09. The molecule has 23 heavy (non-hydrogen) atoms. The lowest BCUT2D eigenvalue weighted by molar-refractivity contribution is -0.130. The molecule has 6 heteroatoms. The van der Waals surface area contributed by atoms with Crippen LogP contribution in [0.2, 0.25) is 0 Å². The number of aliphatic hydroxyl groups is 1. The Bertz CT molecular complexity index is 435. The highest BCUT2D eigenvalue weighted by atomic mass is 16.6. The first kappa shape index (κ1) is 19.8. The molecule has 6 nitrogen and oxygen atoms in total. The zero-order chi connectivity index (χ0) is 17.6. The van der Waals surface area contributed by atoms with Crippen molar-refractivity contribution in [1.82, 2.24) is 5.32 Å². The molecule has 0 radical (unpaired) electrons. The molecule has 1 aliphatic rings. The third-order valence-electron chi connectivity index (χ3n) is 4.03. The van der Waals surface area contributed by atoms with Crippen LogP contribution in [0.5, 0.6) is 0 Å². The summed E-state index contributed by atoms with van der Waals surface area (Å²) in [4.78, 5) is 35.6. The Morgan fingerprint density at radius 1 is 1.17 bits per heavy atom. The van der Waals surface area contributed by atoms with Crippen LogP contribution in [0.25, 0.3) is 0 Å². The van der Waals surface area contributed by atoms with E-state index in [2.05, 4.69) is 5.32 Å². The summed E-state index contributed by atoms with van der Waals surface area (Å²) in [7, 11) is 0. The second-order valence-electron chi connectivity index (χ2n) is 6.95. The molecule has 0 aromatic rings. The van der Waals surface area contributed by atoms with Crippen molar-refractivity contribution in [2.24, 2.45) is 17.8 Å². The minimum atomic E-state index is -0.663. The van der Waals surface area contributed by atoms with E-state index in [1.807, 2.05) is 20.8 Å². The summed E-state index contributed by atoms with van der Waals surface area (Å²) in [5.41, 5.74) is 0. The molecular weight excluding hydrogens is 298 g/mol. The van der Waals surface area contributed by atoms with E-state index in [1.165, 1.54) is 6.92 Å². The molecule has 0 aromatic carbocycles. The van der Waals surface area contributed by atoms with Crippen LogP contribution >= 0.6 is 0 Å². The van der Waals surface area contributed by atoms with Crippen LogP contribution in [-0.4, -0.2) is 47.9 Å². The van der Waals surface area contributed by atoms with Crippen molar-refractivity contribution in [3.63, 3.8) is 0 Å². The fourth-order valence-corrected chi connectivity index (χ4v) is 2.55. The van der Waals surface area contributed by atoms with Crippen LogP contribution in [-0.2, 0) is 19.1 Å². The first-order valence-electron chi connectivity index (χ1n) is 8.33. The van der Waals surface area contributed by atoms with Crippen molar-refractivity contribution in [3.8, 4) is 0 Å². The lowest BCUT2D eigenvalue weighted by Gasteiger charge is -2.18. The fourth-order valence-electron chi connectivity index (χ4n) is 2.55. The van der Waals surface area contributed by atoms with Gasteiger partial charge in [-0.05, 0) is 31.6 Å². The van der Waals surface area contributed by atoms with E-state index >= 15 is 0 Å². The van der Waals surface area contributed by atoms with Gasteiger partial charge in [-0.2, -0.15) is 0 Å². The highest BCUT2D eigenvalue weighted by Gasteiger charge is 2.48. The lowest BCUT2D eigenvalue weighted by atomic mass is 9.90. The molecule has 0 bridgehead atoms. The van der Waals surface area contributed by atoms with Gasteiger partial charge in [0.25, 0.3) is 0 Å². The maximum absolute atomic E-state index is 12.3. The Labute approximate surface area is 138 Å². The van der Waals surface area contributed by atoms with Crippen molar-refractivity contribution in [2.45, 2.75) is 59.2 Å². The molecule has 0 spiro atoms. The van der Waals surface area contributed by atoms with Crippen molar-refractivity contribution < 1.29 is 24.2 Å². The van der Waals surface area contributed by atoms with Gasteiger partial charge in [0.1, 0.15) is 12.2 Å². The molecule has 1 fully saturated rings. The molecule has 1 saturated heterocycles. The maximum Gasteiger partial charge on any atom is 0.223 e. The van der Waals surface area contributed by atoms with Crippen LogP contribution in [0.1, 0.15) is 47.0 Å². The topological polar surface area (TPSA) is 96.0 Å². The van der Waals surface area contributed by atoms with Gasteiger partial charge < -0.3 is 15.2 Å². The highest BCUT2D eigenvalue weighted by Crippen LogP contribution is 2.27. The number of hydrogen-bond acceptors (Lipinski definition) is 5. The van der Waals surface area contributed by atoms with Crippen LogP contribution in [0.15, 0.2) is 0 Å². The van der Waals surface area contributed by atoms with Gasteiger partial charge in [-0.1, -0.05) is 20.8 Å². The molecule has 0 saturated carbocycles. The lowest BCUT2D eigenvalue weighted by Crippen LogP contribution is -2.35. The summed E-state index contributed by atoms with van der Waals surface area (Å²) in [6.07, 6.45) is 0.140. The van der Waals surface area contributed by atoms with E-state index in [0.717, 1.165) is 0 Å². The molecule has 132 valence electrons. The predicted molar refractivity (Wildman–Crippen MR) is 85.8 cm³/mol. The number of carbonyl (C=O) groups is 3. The van der Waals surface area contributed by atoms with Gasteiger partial charge in [-0.15, -0.1) is 0 Å². The van der Waals surface area contributed by atoms with Gasteiger partial charge in [-0.3, -0.25) is 14.4 Å². The average molecular weight is 327 g/mol. The molecule has 1 aliphatic heterocycles. The number of rotatable bonds is 11. The summed E-state index contributed by atoms with van der Waals surface area (Å²) in [6.45, 7) is 7.90. The van der Waals surface area contributed by atoms with E-state index in [1.54, 1.807) is 0 Å². The summed E-state index contributed by atoms with van der Waals surface area (Å²) in [5.74, 6) is -0.433. The van der Waals surface area contributed by atoms with Gasteiger partial charge in [-0.25, -0.2) is 0 Å². The molecule has 1 unspecified atom stereocenters. The van der Waals surface area contributed by atoms with Gasteiger partial charge >= 0.3 is 0 Å². The standard InChI is InChI=1S/C17H29NO5/c1-10(2)7-13(17(22)18-6-5-11(3)9-19)8-14(21)16-15(23-16)12(4)20/h10-11,13,15-16,19H,5-9H2,1-4H3,(H,18,22)/t11?,13-,15-,16-/m1/s1. The quantitative estimate of drug-likeness (QED) is 0.554. The second kappa shape index (κ2) is 9.13. The number of ether oxygens (including phenoxy) is 1. The van der Waals surface area contributed by atoms with Gasteiger partial charge in [0.2, 0.25) is 5.91 Å². The van der Waals surface area contributed by atoms with Gasteiger partial charge in [0.05, 0.1) is 0 Å². The van der Waals surface area contributed by atoms with E-state index in [4.69, 9.17) is 9.84 Å². The Morgan fingerprint density at radius 2 is 1.83 bits per heavy atom. The Kier molecular flexibility index (Phi) is 7.85.